The average molecular weight is 396 g/mol. The highest BCUT2D eigenvalue weighted by Gasteiger charge is 2.19. The van der Waals surface area contributed by atoms with Gasteiger partial charge in [0.05, 0.1) is 19.0 Å². The lowest BCUT2D eigenvalue weighted by atomic mass is 10.0. The monoisotopic (exact) mass is 395 g/mol. The van der Waals surface area contributed by atoms with Gasteiger partial charge in [-0.2, -0.15) is 0 Å². The molecule has 0 unspecified atom stereocenters. The van der Waals surface area contributed by atoms with E-state index in [1.165, 1.54) is 11.3 Å². The number of nitrogens with two attached hydrogens (primary N) is 1. The number of esters is 1. The maximum atomic E-state index is 12.0. The van der Waals surface area contributed by atoms with Crippen LogP contribution in [0, 0.1) is 0 Å². The minimum Gasteiger partial charge on any atom is -0.456 e. The van der Waals surface area contributed by atoms with Crippen LogP contribution in [0.3, 0.4) is 0 Å². The Morgan fingerprint density at radius 2 is 1.92 bits per heavy atom. The molecule has 0 aliphatic carbocycles. The van der Waals surface area contributed by atoms with Crippen molar-refractivity contribution in [2.24, 2.45) is 5.73 Å². The Morgan fingerprint density at radius 3 is 2.54 bits per heavy atom. The number of carbonyl (C=O) groups is 3. The van der Waals surface area contributed by atoms with Crippen molar-refractivity contribution in [1.29, 1.82) is 0 Å². The van der Waals surface area contributed by atoms with Gasteiger partial charge in [-0.1, -0.05) is 29.8 Å². The minimum absolute atomic E-state index is 0.164. The Kier molecular flexibility index (Phi) is 7.43. The molecule has 0 aliphatic heterocycles. The molecule has 0 radical (unpaired) electrons. The summed E-state index contributed by atoms with van der Waals surface area (Å²) in [4.78, 5) is 35.9. The van der Waals surface area contributed by atoms with Gasteiger partial charge >= 0.3 is 12.0 Å². The first-order valence-corrected chi connectivity index (χ1v) is 8.96. The maximum Gasteiger partial charge on any atom is 0.312 e. The number of hydrogen-bond donors (Lipinski definition) is 3. The second kappa shape index (κ2) is 9.79. The van der Waals surface area contributed by atoms with Crippen LogP contribution >= 0.6 is 22.9 Å². The molecule has 4 N–H and O–H groups in total. The van der Waals surface area contributed by atoms with Gasteiger partial charge < -0.3 is 21.1 Å². The van der Waals surface area contributed by atoms with Gasteiger partial charge in [0, 0.05) is 9.90 Å². The first-order chi connectivity index (χ1) is 12.4. The van der Waals surface area contributed by atoms with Crippen molar-refractivity contribution >= 4 is 40.8 Å². The Balaban J connectivity index is 1.83. The molecule has 0 saturated heterocycles. The summed E-state index contributed by atoms with van der Waals surface area (Å²) in [5.74, 6) is -1.04. The van der Waals surface area contributed by atoms with E-state index >= 15 is 0 Å². The molecule has 0 aliphatic rings. The fraction of sp³-hybridized carbons (Fsp3) is 0.235. The topological polar surface area (TPSA) is 111 Å². The van der Waals surface area contributed by atoms with Crippen molar-refractivity contribution in [2.45, 2.75) is 19.0 Å². The number of thiophene rings is 1. The molecule has 1 aromatic carbocycles. The summed E-state index contributed by atoms with van der Waals surface area (Å²) in [7, 11) is 0. The number of amides is 3. The van der Waals surface area contributed by atoms with Crippen molar-refractivity contribution in [3.8, 4) is 0 Å². The summed E-state index contributed by atoms with van der Waals surface area (Å²) < 4.78 is 4.97. The minimum atomic E-state index is -0.772. The summed E-state index contributed by atoms with van der Waals surface area (Å²) in [6, 6.07) is 8.94. The molecule has 1 heterocycles. The number of rotatable bonds is 8. The molecule has 2 rings (SSSR count). The first-order valence-electron chi connectivity index (χ1n) is 7.70. The lowest BCUT2D eigenvalue weighted by Gasteiger charge is -2.17. The fourth-order valence-corrected chi connectivity index (χ4v) is 2.91. The van der Waals surface area contributed by atoms with Crippen molar-refractivity contribution in [2.75, 3.05) is 6.61 Å². The van der Waals surface area contributed by atoms with Gasteiger partial charge in [-0.3, -0.25) is 9.59 Å². The molecule has 7 nitrogen and oxygen atoms in total. The number of nitrogens with one attached hydrogen (secondary N) is 2. The van der Waals surface area contributed by atoms with E-state index in [0.717, 1.165) is 4.88 Å². The molecule has 1 aromatic heterocycles. The van der Waals surface area contributed by atoms with E-state index in [4.69, 9.17) is 22.1 Å². The van der Waals surface area contributed by atoms with Crippen LogP contribution in [0.4, 0.5) is 4.79 Å². The molecule has 9 heteroatoms. The van der Waals surface area contributed by atoms with E-state index in [9.17, 15) is 14.4 Å². The number of halogens is 1. The number of hydrogen-bond acceptors (Lipinski definition) is 5. The zero-order valence-electron chi connectivity index (χ0n) is 13.7. The largest absolute Gasteiger partial charge is 0.456 e. The molecule has 0 spiro atoms. The Morgan fingerprint density at radius 1 is 1.19 bits per heavy atom. The van der Waals surface area contributed by atoms with Gasteiger partial charge in [0.25, 0.3) is 5.91 Å². The molecule has 0 bridgehead atoms. The summed E-state index contributed by atoms with van der Waals surface area (Å²) >= 11 is 7.35. The smallest absolute Gasteiger partial charge is 0.312 e. The zero-order chi connectivity index (χ0) is 18.9. The van der Waals surface area contributed by atoms with E-state index in [-0.39, 0.29) is 6.42 Å². The second-order valence-corrected chi connectivity index (χ2v) is 6.80. The van der Waals surface area contributed by atoms with Gasteiger partial charge in [-0.15, -0.1) is 11.3 Å². The third-order valence-corrected chi connectivity index (χ3v) is 4.49. The Hall–Kier alpha value is -2.58. The molecule has 26 heavy (non-hydrogen) atoms. The highest BCUT2D eigenvalue weighted by atomic mass is 35.5. The lowest BCUT2D eigenvalue weighted by molar-refractivity contribution is -0.149. The quantitative estimate of drug-likeness (QED) is 0.596. The molecule has 2 aromatic rings. The summed E-state index contributed by atoms with van der Waals surface area (Å²) in [6.07, 6.45) is -0.164. The first kappa shape index (κ1) is 19.7. The molecule has 0 saturated carbocycles. The van der Waals surface area contributed by atoms with Crippen LogP contribution < -0.4 is 16.4 Å². The average Bonchev–Trinajstić information content (AvgIpc) is 3.11. The normalized spacial score (nSPS) is 11.4. The van der Waals surface area contributed by atoms with Crippen LogP contribution in [0.2, 0.25) is 5.02 Å². The number of benzene rings is 1. The molecule has 3 amide bonds. The van der Waals surface area contributed by atoms with Gasteiger partial charge in [0.15, 0.2) is 6.61 Å². The maximum absolute atomic E-state index is 12.0. The van der Waals surface area contributed by atoms with E-state index < -0.39 is 30.6 Å². The number of ether oxygens (including phenoxy) is 1. The number of carbonyl (C=O) groups excluding carboxylic acids is 3. The highest BCUT2D eigenvalue weighted by Crippen LogP contribution is 2.20. The van der Waals surface area contributed by atoms with Crippen LogP contribution in [-0.4, -0.2) is 24.5 Å². The Bertz CT molecular complexity index is 750. The third-order valence-electron chi connectivity index (χ3n) is 3.36. The van der Waals surface area contributed by atoms with Crippen LogP contribution in [0.25, 0.3) is 0 Å². The molecule has 138 valence electrons. The predicted octanol–water partition coefficient (Wildman–Crippen LogP) is 2.36. The van der Waals surface area contributed by atoms with E-state index in [0.29, 0.717) is 17.1 Å². The molecule has 0 fully saturated rings. The van der Waals surface area contributed by atoms with Gasteiger partial charge in [0.1, 0.15) is 0 Å². The van der Waals surface area contributed by atoms with E-state index in [2.05, 4.69) is 10.6 Å². The lowest BCUT2D eigenvalue weighted by Crippen LogP contribution is -2.35. The number of urea groups is 1. The second-order valence-electron chi connectivity index (χ2n) is 5.33. The van der Waals surface area contributed by atoms with Crippen LogP contribution in [-0.2, 0) is 20.9 Å². The summed E-state index contributed by atoms with van der Waals surface area (Å²) in [5.41, 5.74) is 5.80. The van der Waals surface area contributed by atoms with Gasteiger partial charge in [-0.05, 0) is 29.1 Å². The van der Waals surface area contributed by atoms with Crippen LogP contribution in [0.15, 0.2) is 41.8 Å². The summed E-state index contributed by atoms with van der Waals surface area (Å²) in [6.45, 7) is -0.0151. The van der Waals surface area contributed by atoms with E-state index in [1.54, 1.807) is 24.3 Å². The van der Waals surface area contributed by atoms with Crippen LogP contribution in [0.1, 0.15) is 22.9 Å². The zero-order valence-corrected chi connectivity index (χ0v) is 15.3. The van der Waals surface area contributed by atoms with Gasteiger partial charge in [0.2, 0.25) is 0 Å². The highest BCUT2D eigenvalue weighted by molar-refractivity contribution is 7.09. The fourth-order valence-electron chi connectivity index (χ4n) is 2.14. The van der Waals surface area contributed by atoms with Crippen molar-refractivity contribution in [3.05, 3.63) is 57.2 Å². The molecular weight excluding hydrogens is 378 g/mol. The SMILES string of the molecule is NC(=O)N[C@H](CC(=O)OCC(=O)NCc1cccs1)c1ccc(Cl)cc1. The van der Waals surface area contributed by atoms with Crippen molar-refractivity contribution < 1.29 is 19.1 Å². The molecular formula is C17H18ClN3O4S. The standard InChI is InChI=1S/C17H18ClN3O4S/c18-12-5-3-11(4-6-12)14(21-17(19)24)8-16(23)25-10-15(22)20-9-13-2-1-7-26-13/h1-7,14H,8-10H2,(H,20,22)(H3,19,21,24)/t14-/m1/s1. The predicted molar refractivity (Wildman–Crippen MR) is 98.7 cm³/mol. The van der Waals surface area contributed by atoms with Crippen LogP contribution in [0.5, 0.6) is 0 Å². The van der Waals surface area contributed by atoms with Gasteiger partial charge in [-0.25, -0.2) is 4.79 Å². The van der Waals surface area contributed by atoms with Crippen molar-refractivity contribution in [1.82, 2.24) is 10.6 Å². The third kappa shape index (κ3) is 6.73. The summed E-state index contributed by atoms with van der Waals surface area (Å²) in [5, 5.41) is 7.56. The van der Waals surface area contributed by atoms with E-state index in [1.807, 2.05) is 17.5 Å². The number of primary amides is 1. The Labute approximate surface area is 159 Å². The molecule has 1 atom stereocenters. The van der Waals surface area contributed by atoms with Crippen molar-refractivity contribution in [3.63, 3.8) is 0 Å².